The minimum absolute atomic E-state index is 0.162. The van der Waals surface area contributed by atoms with Crippen molar-refractivity contribution < 1.29 is 22.7 Å². The summed E-state index contributed by atoms with van der Waals surface area (Å²) in [6.45, 7) is 1.49. The van der Waals surface area contributed by atoms with Crippen molar-refractivity contribution in [3.8, 4) is 11.5 Å². The lowest BCUT2D eigenvalue weighted by Crippen LogP contribution is -2.35. The number of hydrogen-bond donors (Lipinski definition) is 1. The van der Waals surface area contributed by atoms with Crippen LogP contribution in [0.3, 0.4) is 0 Å². The summed E-state index contributed by atoms with van der Waals surface area (Å²) in [7, 11) is -3.46. The molecule has 31 heavy (non-hydrogen) atoms. The molecule has 0 atom stereocenters. The van der Waals surface area contributed by atoms with Crippen molar-refractivity contribution >= 4 is 43.5 Å². The Morgan fingerprint density at radius 2 is 1.77 bits per heavy atom. The lowest BCUT2D eigenvalue weighted by Gasteiger charge is -2.25. The molecule has 2 aromatic carbocycles. The molecule has 0 spiro atoms. The van der Waals surface area contributed by atoms with Crippen LogP contribution in [0.5, 0.6) is 11.5 Å². The van der Waals surface area contributed by atoms with Gasteiger partial charge in [-0.3, -0.25) is 4.79 Å². The Morgan fingerprint density at radius 3 is 2.45 bits per heavy atom. The van der Waals surface area contributed by atoms with E-state index < -0.39 is 10.0 Å². The first-order valence-electron chi connectivity index (χ1n) is 9.94. The van der Waals surface area contributed by atoms with Gasteiger partial charge in [-0.15, -0.1) is 0 Å². The molecular formula is C21H24BrClN2O5S. The Bertz CT molecular complexity index is 995. The maximum atomic E-state index is 12.7. The third-order valence-electron chi connectivity index (χ3n) is 4.72. The van der Waals surface area contributed by atoms with Crippen molar-refractivity contribution in [1.29, 1.82) is 0 Å². The molecule has 1 aliphatic rings. The molecule has 1 amide bonds. The summed E-state index contributed by atoms with van der Waals surface area (Å²) in [5.74, 6) is 0.658. The summed E-state index contributed by atoms with van der Waals surface area (Å²) in [5, 5.41) is 3.10. The highest BCUT2D eigenvalue weighted by Gasteiger charge is 2.25. The zero-order valence-corrected chi connectivity index (χ0v) is 20.0. The summed E-state index contributed by atoms with van der Waals surface area (Å²) in [6.07, 6.45) is 2.86. The second kappa shape index (κ2) is 11.2. The van der Waals surface area contributed by atoms with Crippen molar-refractivity contribution in [2.24, 2.45) is 0 Å². The molecule has 1 saturated heterocycles. The van der Waals surface area contributed by atoms with Gasteiger partial charge in [-0.25, -0.2) is 8.42 Å². The molecular weight excluding hydrogens is 508 g/mol. The summed E-state index contributed by atoms with van der Waals surface area (Å²) in [6, 6.07) is 11.5. The Balaban J connectivity index is 1.40. The van der Waals surface area contributed by atoms with E-state index in [4.69, 9.17) is 21.1 Å². The van der Waals surface area contributed by atoms with E-state index in [-0.39, 0.29) is 30.6 Å². The predicted molar refractivity (Wildman–Crippen MR) is 122 cm³/mol. The van der Waals surface area contributed by atoms with Crippen LogP contribution in [-0.2, 0) is 14.8 Å². The number of carbonyl (C=O) groups excluding carboxylic acids is 1. The lowest BCUT2D eigenvalue weighted by molar-refractivity contribution is -0.123. The molecule has 168 valence electrons. The van der Waals surface area contributed by atoms with Gasteiger partial charge in [0.25, 0.3) is 5.91 Å². The van der Waals surface area contributed by atoms with E-state index in [0.29, 0.717) is 29.6 Å². The molecule has 0 aliphatic carbocycles. The van der Waals surface area contributed by atoms with Gasteiger partial charge in [0, 0.05) is 17.6 Å². The molecule has 7 nitrogen and oxygen atoms in total. The zero-order valence-electron chi connectivity index (χ0n) is 16.9. The van der Waals surface area contributed by atoms with Crippen molar-refractivity contribution in [1.82, 2.24) is 9.62 Å². The highest BCUT2D eigenvalue weighted by Crippen LogP contribution is 2.27. The monoisotopic (exact) mass is 530 g/mol. The number of sulfonamides is 1. The van der Waals surface area contributed by atoms with Crippen molar-refractivity contribution in [2.45, 2.75) is 24.2 Å². The Morgan fingerprint density at radius 1 is 1.06 bits per heavy atom. The van der Waals surface area contributed by atoms with Gasteiger partial charge < -0.3 is 14.8 Å². The van der Waals surface area contributed by atoms with E-state index in [9.17, 15) is 13.2 Å². The van der Waals surface area contributed by atoms with Gasteiger partial charge in [0.1, 0.15) is 18.1 Å². The van der Waals surface area contributed by atoms with Crippen LogP contribution in [-0.4, -0.2) is 51.5 Å². The summed E-state index contributed by atoms with van der Waals surface area (Å²) in [4.78, 5) is 12.2. The molecule has 1 aliphatic heterocycles. The van der Waals surface area contributed by atoms with E-state index in [0.717, 1.165) is 23.7 Å². The highest BCUT2D eigenvalue weighted by atomic mass is 79.9. The van der Waals surface area contributed by atoms with E-state index in [1.54, 1.807) is 42.5 Å². The van der Waals surface area contributed by atoms with Crippen molar-refractivity contribution in [2.75, 3.05) is 32.8 Å². The number of nitrogens with zero attached hydrogens (tertiary/aromatic N) is 1. The molecule has 0 bridgehead atoms. The molecule has 1 N–H and O–H groups in total. The molecule has 1 fully saturated rings. The minimum Gasteiger partial charge on any atom is -0.492 e. The highest BCUT2D eigenvalue weighted by molar-refractivity contribution is 9.10. The summed E-state index contributed by atoms with van der Waals surface area (Å²) < 4.78 is 38.6. The maximum absolute atomic E-state index is 12.7. The predicted octanol–water partition coefficient (Wildman–Crippen LogP) is 3.85. The number of hydrogen-bond acceptors (Lipinski definition) is 5. The number of benzene rings is 2. The number of piperidine rings is 1. The third-order valence-corrected chi connectivity index (χ3v) is 7.42. The van der Waals surface area contributed by atoms with E-state index in [1.807, 2.05) is 0 Å². The van der Waals surface area contributed by atoms with Crippen molar-refractivity contribution in [3.05, 3.63) is 52.0 Å². The number of amides is 1. The van der Waals surface area contributed by atoms with Crippen molar-refractivity contribution in [3.63, 3.8) is 0 Å². The summed E-state index contributed by atoms with van der Waals surface area (Å²) in [5.41, 5.74) is 0. The van der Waals surface area contributed by atoms with Crippen LogP contribution in [0.4, 0.5) is 0 Å². The smallest absolute Gasteiger partial charge is 0.258 e. The molecule has 0 radical (unpaired) electrons. The number of nitrogens with one attached hydrogen (secondary N) is 1. The van der Waals surface area contributed by atoms with Crippen LogP contribution in [0.25, 0.3) is 0 Å². The van der Waals surface area contributed by atoms with E-state index in [2.05, 4.69) is 21.2 Å². The Hall–Kier alpha value is -1.81. The fourth-order valence-corrected chi connectivity index (χ4v) is 5.35. The number of halogens is 2. The van der Waals surface area contributed by atoms with Gasteiger partial charge in [0.05, 0.1) is 16.5 Å². The fourth-order valence-electron chi connectivity index (χ4n) is 3.11. The van der Waals surface area contributed by atoms with Crippen LogP contribution in [0.2, 0.25) is 5.02 Å². The molecule has 0 unspecified atom stereocenters. The maximum Gasteiger partial charge on any atom is 0.258 e. The average Bonchev–Trinajstić information content (AvgIpc) is 2.77. The first kappa shape index (κ1) is 23.8. The van der Waals surface area contributed by atoms with Crippen LogP contribution in [0, 0.1) is 0 Å². The van der Waals surface area contributed by atoms with Crippen LogP contribution in [0.15, 0.2) is 51.8 Å². The fraction of sp³-hybridized carbons (Fsp3) is 0.381. The van der Waals surface area contributed by atoms with Gasteiger partial charge in [-0.1, -0.05) is 34.0 Å². The molecule has 10 heteroatoms. The molecule has 3 rings (SSSR count). The summed E-state index contributed by atoms with van der Waals surface area (Å²) >= 11 is 9.35. The zero-order chi connectivity index (χ0) is 22.3. The van der Waals surface area contributed by atoms with E-state index >= 15 is 0 Å². The van der Waals surface area contributed by atoms with Crippen LogP contribution in [0.1, 0.15) is 19.3 Å². The SMILES string of the molecule is O=C(COc1ccc(Br)cc1Cl)NCCOc1ccc(S(=O)(=O)N2CCCCC2)cc1. The quantitative estimate of drug-likeness (QED) is 0.497. The normalized spacial score (nSPS) is 14.8. The third kappa shape index (κ3) is 6.83. The second-order valence-electron chi connectivity index (χ2n) is 7.00. The van der Waals surface area contributed by atoms with E-state index in [1.165, 1.54) is 4.31 Å². The Kier molecular flexibility index (Phi) is 8.59. The van der Waals surface area contributed by atoms with Gasteiger partial charge in [0.15, 0.2) is 6.61 Å². The van der Waals surface area contributed by atoms with Gasteiger partial charge in [0.2, 0.25) is 10.0 Å². The number of rotatable bonds is 9. The second-order valence-corrected chi connectivity index (χ2v) is 10.3. The van der Waals surface area contributed by atoms with Crippen LogP contribution >= 0.6 is 27.5 Å². The lowest BCUT2D eigenvalue weighted by atomic mass is 10.2. The van der Waals surface area contributed by atoms with Gasteiger partial charge in [-0.2, -0.15) is 4.31 Å². The largest absolute Gasteiger partial charge is 0.492 e. The van der Waals surface area contributed by atoms with Gasteiger partial charge >= 0.3 is 0 Å². The molecule has 0 aromatic heterocycles. The first-order valence-corrected chi connectivity index (χ1v) is 12.5. The Labute approximate surface area is 195 Å². The molecule has 2 aromatic rings. The molecule has 1 heterocycles. The van der Waals surface area contributed by atoms with Gasteiger partial charge in [-0.05, 0) is 55.3 Å². The first-order chi connectivity index (χ1) is 14.9. The number of carbonyl (C=O) groups is 1. The van der Waals surface area contributed by atoms with Crippen LogP contribution < -0.4 is 14.8 Å². The topological polar surface area (TPSA) is 84.9 Å². The number of ether oxygens (including phenoxy) is 2. The standard InChI is InChI=1S/C21H24BrClN2O5S/c22-16-4-9-20(19(23)14-16)30-15-21(26)24-10-13-29-17-5-7-18(8-6-17)31(27,28)25-11-2-1-3-12-25/h4-9,14H,1-3,10-13,15H2,(H,24,26). The minimum atomic E-state index is -3.46. The average molecular weight is 532 g/mol. The molecule has 0 saturated carbocycles.